The number of carbonyl (C=O) groups is 4. The summed E-state index contributed by atoms with van der Waals surface area (Å²) in [6, 6.07) is -0.455. The molecule has 1 unspecified atom stereocenters. The van der Waals surface area contributed by atoms with E-state index in [2.05, 4.69) is 28.2 Å². The molecule has 0 saturated carbocycles. The Morgan fingerprint density at radius 1 is 1.04 bits per heavy atom. The number of aromatic amines is 1. The number of aromatic nitrogens is 1. The molecule has 5 rings (SSSR count). The molecular formula is C33H42N4O7S. The molecule has 2 saturated heterocycles. The molecule has 1 aromatic rings. The van der Waals surface area contributed by atoms with Gasteiger partial charge in [-0.2, -0.15) is 0 Å². The van der Waals surface area contributed by atoms with Crippen LogP contribution in [0.5, 0.6) is 0 Å². The zero-order valence-corrected chi connectivity index (χ0v) is 27.5. The number of carbonyl (C=O) groups excluding carboxylic acids is 2. The molecule has 0 radical (unpaired) electrons. The van der Waals surface area contributed by atoms with Crippen molar-refractivity contribution in [3.63, 3.8) is 0 Å². The van der Waals surface area contributed by atoms with Crippen LogP contribution in [0.3, 0.4) is 0 Å². The third-order valence-corrected chi connectivity index (χ3v) is 10.1. The van der Waals surface area contributed by atoms with Gasteiger partial charge in [-0.25, -0.2) is 9.90 Å². The highest BCUT2D eigenvalue weighted by Crippen LogP contribution is 2.58. The molecule has 0 spiro atoms. The fourth-order valence-electron chi connectivity index (χ4n) is 7.26. The average molecular weight is 639 g/mol. The highest BCUT2D eigenvalue weighted by Gasteiger charge is 2.64. The second-order valence-corrected chi connectivity index (χ2v) is 13.2. The van der Waals surface area contributed by atoms with Crippen LogP contribution in [0.15, 0.2) is 38.5 Å². The minimum atomic E-state index is -0.913. The predicted molar refractivity (Wildman–Crippen MR) is 171 cm³/mol. The normalized spacial score (nSPS) is 27.8. The van der Waals surface area contributed by atoms with Gasteiger partial charge in [0.1, 0.15) is 0 Å². The Morgan fingerprint density at radius 3 is 2.31 bits per heavy atom. The van der Waals surface area contributed by atoms with Crippen LogP contribution in [0.25, 0.3) is 6.08 Å². The number of carboxylic acid groups (broad SMARTS) is 2. The van der Waals surface area contributed by atoms with Crippen LogP contribution in [0.4, 0.5) is 0 Å². The van der Waals surface area contributed by atoms with E-state index >= 15 is 0 Å². The molecule has 4 aliphatic rings. The summed E-state index contributed by atoms with van der Waals surface area (Å²) in [6.07, 6.45) is 3.97. The Hall–Kier alpha value is -3.77. The summed E-state index contributed by atoms with van der Waals surface area (Å²) < 4.78 is 0. The summed E-state index contributed by atoms with van der Waals surface area (Å²) in [5, 5.41) is 27.0. The predicted octanol–water partition coefficient (Wildman–Crippen LogP) is 4.32. The van der Waals surface area contributed by atoms with Gasteiger partial charge in [0.2, 0.25) is 17.5 Å². The third kappa shape index (κ3) is 5.85. The van der Waals surface area contributed by atoms with E-state index in [9.17, 15) is 29.4 Å². The maximum Gasteiger partial charge on any atom is 0.303 e. The zero-order valence-electron chi connectivity index (χ0n) is 26.6. The Bertz CT molecular complexity index is 1610. The number of rotatable bonds is 12. The smallest absolute Gasteiger partial charge is 0.303 e. The summed E-state index contributed by atoms with van der Waals surface area (Å²) >= 11 is 4.55. The number of allylic oxidation sites excluding steroid dienone is 2. The van der Waals surface area contributed by atoms with Gasteiger partial charge in [-0.05, 0) is 98.3 Å². The number of aliphatic carboxylic acids is 2. The summed E-state index contributed by atoms with van der Waals surface area (Å²) in [4.78, 5) is 58.9. The van der Waals surface area contributed by atoms with Gasteiger partial charge in [-0.15, -0.1) is 12.6 Å². The molecular weight excluding hydrogens is 596 g/mol. The average Bonchev–Trinajstić information content (AvgIpc) is 3.28. The Morgan fingerprint density at radius 2 is 1.71 bits per heavy atom. The minimum absolute atomic E-state index is 0.0553. The van der Waals surface area contributed by atoms with Gasteiger partial charge >= 0.3 is 11.9 Å². The van der Waals surface area contributed by atoms with Gasteiger partial charge in [0.25, 0.3) is 0 Å². The Balaban J connectivity index is 1.53. The van der Waals surface area contributed by atoms with Gasteiger partial charge in [0, 0.05) is 42.6 Å². The van der Waals surface area contributed by atoms with Crippen LogP contribution in [-0.2, 0) is 36.9 Å². The van der Waals surface area contributed by atoms with Crippen molar-refractivity contribution in [1.82, 2.24) is 20.7 Å². The second kappa shape index (κ2) is 12.2. The van der Waals surface area contributed by atoms with E-state index in [1.54, 1.807) is 5.06 Å². The molecule has 4 aliphatic heterocycles. The molecule has 45 heavy (non-hydrogen) atoms. The Labute approximate surface area is 268 Å². The lowest BCUT2D eigenvalue weighted by molar-refractivity contribution is -0.138. The molecule has 0 aromatic carbocycles. The number of nitrogens with zero attached hydrogens (tertiary/aromatic N) is 1. The van der Waals surface area contributed by atoms with E-state index in [0.717, 1.165) is 61.0 Å². The molecule has 12 heteroatoms. The van der Waals surface area contributed by atoms with Crippen LogP contribution in [0, 0.1) is 12.8 Å². The largest absolute Gasteiger partial charge is 0.481 e. The standard InChI is InChI=1S/C33H42N4O7S/c1-7-20-15(2)26(36-32(20)43)14-33-18(5)22(9-11-29(40)41)27(37(33)44-33)13-24-21(8-10-28(38)39)16(3)23(34-24)12-25-30(19(6)45)17(4)31(42)35-25/h13,17,25-26,34,45H,7-12,14H2,1-6H3,(H,35,42)(H,36,43)(H,38,39)(H,40,41)/b27-13-,30-19-/t17?,25-,26+,33+,37?/m0/s1. The molecule has 0 bridgehead atoms. The number of hydroxylamine groups is 2. The van der Waals surface area contributed by atoms with E-state index in [4.69, 9.17) is 4.84 Å². The lowest BCUT2D eigenvalue weighted by atomic mass is 9.92. The van der Waals surface area contributed by atoms with Crippen molar-refractivity contribution in [2.75, 3.05) is 0 Å². The number of H-pyrrole nitrogens is 1. The van der Waals surface area contributed by atoms with Crippen LogP contribution in [0.1, 0.15) is 89.2 Å². The van der Waals surface area contributed by atoms with Gasteiger partial charge in [-0.1, -0.05) is 6.92 Å². The van der Waals surface area contributed by atoms with Gasteiger partial charge in [0.05, 0.1) is 23.7 Å². The van der Waals surface area contributed by atoms with Crippen molar-refractivity contribution in [2.24, 2.45) is 5.92 Å². The van der Waals surface area contributed by atoms with Crippen molar-refractivity contribution in [1.29, 1.82) is 0 Å². The fourth-order valence-corrected chi connectivity index (χ4v) is 7.61. The lowest BCUT2D eigenvalue weighted by Crippen LogP contribution is -2.34. The first kappa shape index (κ1) is 32.6. The summed E-state index contributed by atoms with van der Waals surface area (Å²) in [5.41, 5.74) is 7.73. The van der Waals surface area contributed by atoms with Gasteiger partial charge in [-0.3, -0.25) is 19.2 Å². The lowest BCUT2D eigenvalue weighted by Gasteiger charge is -2.16. The van der Waals surface area contributed by atoms with E-state index in [0.29, 0.717) is 25.7 Å². The maximum atomic E-state index is 12.6. The highest BCUT2D eigenvalue weighted by atomic mass is 32.1. The molecule has 1 aromatic heterocycles. The van der Waals surface area contributed by atoms with Crippen molar-refractivity contribution >= 4 is 42.5 Å². The molecule has 2 amide bonds. The monoisotopic (exact) mass is 638 g/mol. The molecule has 11 nitrogen and oxygen atoms in total. The molecule has 5 heterocycles. The first-order valence-electron chi connectivity index (χ1n) is 15.5. The molecule has 242 valence electrons. The van der Waals surface area contributed by atoms with Crippen LogP contribution in [-0.4, -0.2) is 61.8 Å². The SMILES string of the molecule is CCC1=C(C)[C@@H](C[C@]23ON2/C(=C\c2[nH]c(C[C@@H]4NC(=O)C(C)/C4=C(\C)S)c(C)c2CCC(=O)O)C(CCC(=O)O)=C3C)NC1=O. The van der Waals surface area contributed by atoms with Gasteiger partial charge in [0.15, 0.2) is 0 Å². The van der Waals surface area contributed by atoms with Crippen LogP contribution in [0.2, 0.25) is 0 Å². The van der Waals surface area contributed by atoms with Crippen molar-refractivity contribution < 1.29 is 34.2 Å². The topological polar surface area (TPSA) is 164 Å². The maximum absolute atomic E-state index is 12.6. The van der Waals surface area contributed by atoms with E-state index in [1.807, 2.05) is 47.6 Å². The van der Waals surface area contributed by atoms with Crippen LogP contribution >= 0.6 is 12.6 Å². The molecule has 5 N–H and O–H groups in total. The summed E-state index contributed by atoms with van der Waals surface area (Å²) in [7, 11) is 0. The number of nitrogens with one attached hydrogen (secondary N) is 3. The summed E-state index contributed by atoms with van der Waals surface area (Å²) in [5.74, 6) is -2.24. The van der Waals surface area contributed by atoms with E-state index in [1.165, 1.54) is 0 Å². The first-order chi connectivity index (χ1) is 21.2. The van der Waals surface area contributed by atoms with Crippen LogP contribution < -0.4 is 10.6 Å². The highest BCUT2D eigenvalue weighted by molar-refractivity contribution is 7.84. The number of hydrogen-bond donors (Lipinski definition) is 6. The second-order valence-electron chi connectivity index (χ2n) is 12.5. The molecule has 2 fully saturated rings. The summed E-state index contributed by atoms with van der Waals surface area (Å²) in [6.45, 7) is 11.5. The Kier molecular flexibility index (Phi) is 8.85. The zero-order chi connectivity index (χ0) is 33.0. The fraction of sp³-hybridized carbons (Fsp3) is 0.515. The number of amides is 2. The molecule has 0 aliphatic carbocycles. The third-order valence-electron chi connectivity index (χ3n) is 9.87. The number of carboxylic acids is 2. The van der Waals surface area contributed by atoms with Crippen molar-refractivity contribution in [2.45, 2.75) is 104 Å². The quantitative estimate of drug-likeness (QED) is 0.146. The van der Waals surface area contributed by atoms with Crippen molar-refractivity contribution in [3.05, 3.63) is 61.0 Å². The van der Waals surface area contributed by atoms with E-state index in [-0.39, 0.29) is 49.1 Å². The van der Waals surface area contributed by atoms with Gasteiger partial charge < -0.3 is 25.8 Å². The number of fused-ring (bicyclic) bond motifs is 1. The first-order valence-corrected chi connectivity index (χ1v) is 15.9. The molecule has 4 atom stereocenters. The minimum Gasteiger partial charge on any atom is -0.481 e. The van der Waals surface area contributed by atoms with Crippen molar-refractivity contribution in [3.8, 4) is 0 Å². The number of hydrogen-bond acceptors (Lipinski definition) is 7. The number of thiol groups is 1. The van der Waals surface area contributed by atoms with E-state index < -0.39 is 17.7 Å².